The number of aromatic nitrogens is 5. The number of anilines is 3. The highest BCUT2D eigenvalue weighted by Gasteiger charge is 2.33. The molecule has 5 heterocycles. The zero-order valence-corrected chi connectivity index (χ0v) is 20.8. The number of halogens is 3. The Labute approximate surface area is 221 Å². The predicted octanol–water partition coefficient (Wildman–Crippen LogP) is 5.02. The lowest BCUT2D eigenvalue weighted by molar-refractivity contribution is -0.137. The molecule has 39 heavy (non-hydrogen) atoms. The van der Waals surface area contributed by atoms with E-state index in [0.29, 0.717) is 24.0 Å². The van der Waals surface area contributed by atoms with Crippen LogP contribution in [-0.2, 0) is 12.7 Å². The van der Waals surface area contributed by atoms with Crippen LogP contribution in [0.4, 0.5) is 30.6 Å². The van der Waals surface area contributed by atoms with E-state index in [0.717, 1.165) is 54.2 Å². The second-order valence-corrected chi connectivity index (χ2v) is 10.5. The molecule has 2 saturated carbocycles. The summed E-state index contributed by atoms with van der Waals surface area (Å²) in [5.41, 5.74) is 2.89. The van der Waals surface area contributed by atoms with E-state index >= 15 is 0 Å². The Hall–Kier alpha value is -4.22. The Kier molecular flexibility index (Phi) is 5.46. The van der Waals surface area contributed by atoms with Gasteiger partial charge < -0.3 is 15.5 Å². The van der Waals surface area contributed by atoms with E-state index in [1.165, 1.54) is 23.6 Å². The van der Waals surface area contributed by atoms with E-state index in [1.807, 2.05) is 12.1 Å². The summed E-state index contributed by atoms with van der Waals surface area (Å²) in [6.45, 7) is 0.523. The summed E-state index contributed by atoms with van der Waals surface area (Å²) in [5.74, 6) is 1.51. The van der Waals surface area contributed by atoms with E-state index in [4.69, 9.17) is 0 Å². The van der Waals surface area contributed by atoms with Crippen LogP contribution < -0.4 is 15.5 Å². The maximum Gasteiger partial charge on any atom is 0.416 e. The van der Waals surface area contributed by atoms with Crippen molar-refractivity contribution < 1.29 is 18.0 Å². The van der Waals surface area contributed by atoms with E-state index in [-0.39, 0.29) is 23.6 Å². The van der Waals surface area contributed by atoms with Gasteiger partial charge in [0.25, 0.3) is 5.91 Å². The van der Waals surface area contributed by atoms with Crippen LogP contribution >= 0.6 is 0 Å². The van der Waals surface area contributed by atoms with Crippen LogP contribution in [0.25, 0.3) is 5.65 Å². The molecule has 7 rings (SSSR count). The maximum absolute atomic E-state index is 13.0. The lowest BCUT2D eigenvalue weighted by atomic mass is 10.1. The Bertz CT molecular complexity index is 1560. The number of nitrogens with one attached hydrogen (secondary N) is 2. The number of fused-ring (bicyclic) bond motifs is 2. The van der Waals surface area contributed by atoms with Crippen LogP contribution in [0.1, 0.15) is 65.2 Å². The SMILES string of the molecule is O=C1c2cnc(C3CC3)cc2CN1c1ccc(N[C@H]2CC[C@H](Nc3nc4cc(C(F)(F)F)ccn4n3)C2)nc1. The Morgan fingerprint density at radius 2 is 1.77 bits per heavy atom. The number of nitrogens with zero attached hydrogens (tertiary/aromatic N) is 6. The lowest BCUT2D eigenvalue weighted by Gasteiger charge is -2.17. The van der Waals surface area contributed by atoms with Crippen LogP contribution in [-0.4, -0.2) is 42.6 Å². The lowest BCUT2D eigenvalue weighted by Crippen LogP contribution is -2.24. The van der Waals surface area contributed by atoms with Crippen LogP contribution in [0.5, 0.6) is 0 Å². The van der Waals surface area contributed by atoms with Gasteiger partial charge in [0.05, 0.1) is 29.6 Å². The highest BCUT2D eigenvalue weighted by Crippen LogP contribution is 2.40. The van der Waals surface area contributed by atoms with Crippen LogP contribution in [0.2, 0.25) is 0 Å². The van der Waals surface area contributed by atoms with Gasteiger partial charge in [-0.2, -0.15) is 18.2 Å². The standard InChI is InChI=1S/C27H25F3N8O/c28-27(29,30)17-7-8-38-24(10-17)35-26(36-38)34-19-4-3-18(11-19)33-23-6-5-20(12-32-23)37-14-16-9-22(15-1-2-15)31-13-21(16)25(37)39/h5-10,12-13,15,18-19H,1-4,11,14H2,(H,32,33)(H,34,36)/t18-,19-/m0/s1. The average molecular weight is 535 g/mol. The van der Waals surface area contributed by atoms with Crippen LogP contribution in [0.15, 0.2) is 48.9 Å². The number of hydrogen-bond donors (Lipinski definition) is 2. The van der Waals surface area contributed by atoms with Gasteiger partial charge >= 0.3 is 6.18 Å². The van der Waals surface area contributed by atoms with Crippen molar-refractivity contribution in [3.05, 3.63) is 71.3 Å². The third-order valence-electron chi connectivity index (χ3n) is 7.65. The summed E-state index contributed by atoms with van der Waals surface area (Å²) in [5, 5.41) is 10.9. The molecule has 4 aromatic rings. The molecule has 1 aliphatic heterocycles. The van der Waals surface area contributed by atoms with Gasteiger partial charge in [-0.3, -0.25) is 9.78 Å². The summed E-state index contributed by atoms with van der Waals surface area (Å²) >= 11 is 0. The van der Waals surface area contributed by atoms with Crippen molar-refractivity contribution in [2.24, 2.45) is 0 Å². The largest absolute Gasteiger partial charge is 0.416 e. The first-order chi connectivity index (χ1) is 18.8. The molecule has 2 aliphatic carbocycles. The van der Waals surface area contributed by atoms with Crippen molar-refractivity contribution >= 4 is 29.0 Å². The van der Waals surface area contributed by atoms with Gasteiger partial charge in [-0.1, -0.05) is 0 Å². The van der Waals surface area contributed by atoms with Gasteiger partial charge in [0, 0.05) is 36.1 Å². The second kappa shape index (κ2) is 8.92. The number of amides is 1. The van der Waals surface area contributed by atoms with Crippen molar-refractivity contribution in [3.63, 3.8) is 0 Å². The molecule has 0 bridgehead atoms. The minimum atomic E-state index is -4.43. The summed E-state index contributed by atoms with van der Waals surface area (Å²) in [6, 6.07) is 8.07. The molecule has 4 aromatic heterocycles. The molecule has 2 N–H and O–H groups in total. The minimum Gasteiger partial charge on any atom is -0.367 e. The Balaban J connectivity index is 0.961. The quantitative estimate of drug-likeness (QED) is 0.358. The highest BCUT2D eigenvalue weighted by atomic mass is 19.4. The maximum atomic E-state index is 13.0. The third-order valence-corrected chi connectivity index (χ3v) is 7.65. The average Bonchev–Trinajstić information content (AvgIpc) is 3.42. The fourth-order valence-corrected chi connectivity index (χ4v) is 5.42. The molecule has 3 aliphatic rings. The zero-order valence-electron chi connectivity index (χ0n) is 20.8. The first-order valence-electron chi connectivity index (χ1n) is 13.0. The second-order valence-electron chi connectivity index (χ2n) is 10.5. The molecule has 0 unspecified atom stereocenters. The van der Waals surface area contributed by atoms with Crippen molar-refractivity contribution in [1.29, 1.82) is 0 Å². The first-order valence-corrected chi connectivity index (χ1v) is 13.0. The number of rotatable bonds is 6. The van der Waals surface area contributed by atoms with E-state index in [9.17, 15) is 18.0 Å². The molecular formula is C27H25F3N8O. The van der Waals surface area contributed by atoms with Crippen LogP contribution in [0.3, 0.4) is 0 Å². The molecule has 0 spiro atoms. The molecule has 2 atom stereocenters. The number of hydrogen-bond acceptors (Lipinski definition) is 7. The summed E-state index contributed by atoms with van der Waals surface area (Å²) in [7, 11) is 0. The minimum absolute atomic E-state index is 0.0535. The van der Waals surface area contributed by atoms with Gasteiger partial charge in [-0.15, -0.1) is 5.10 Å². The summed E-state index contributed by atoms with van der Waals surface area (Å²) in [4.78, 5) is 27.9. The number of carbonyl (C=O) groups excluding carboxylic acids is 1. The molecule has 0 radical (unpaired) electrons. The summed E-state index contributed by atoms with van der Waals surface area (Å²) in [6.07, 6.45) is 5.13. The fourth-order valence-electron chi connectivity index (χ4n) is 5.42. The van der Waals surface area contributed by atoms with Gasteiger partial charge in [-0.25, -0.2) is 9.50 Å². The van der Waals surface area contributed by atoms with Gasteiger partial charge in [0.1, 0.15) is 5.82 Å². The highest BCUT2D eigenvalue weighted by molar-refractivity contribution is 6.09. The molecule has 0 aromatic carbocycles. The number of carbonyl (C=O) groups is 1. The van der Waals surface area contributed by atoms with Gasteiger partial charge in [0.15, 0.2) is 5.65 Å². The van der Waals surface area contributed by atoms with E-state index < -0.39 is 11.7 Å². The molecule has 9 nitrogen and oxygen atoms in total. The zero-order chi connectivity index (χ0) is 26.7. The predicted molar refractivity (Wildman–Crippen MR) is 138 cm³/mol. The van der Waals surface area contributed by atoms with Gasteiger partial charge in [0.2, 0.25) is 5.95 Å². The Morgan fingerprint density at radius 1 is 0.949 bits per heavy atom. The molecular weight excluding hydrogens is 509 g/mol. The molecule has 0 saturated heterocycles. The van der Waals surface area contributed by atoms with Crippen molar-refractivity contribution in [2.45, 2.75) is 62.8 Å². The van der Waals surface area contributed by atoms with Gasteiger partial charge in [-0.05, 0) is 68.0 Å². The van der Waals surface area contributed by atoms with Crippen molar-refractivity contribution in [1.82, 2.24) is 24.6 Å². The number of pyridine rings is 3. The Morgan fingerprint density at radius 3 is 2.51 bits per heavy atom. The molecule has 12 heteroatoms. The summed E-state index contributed by atoms with van der Waals surface area (Å²) < 4.78 is 40.3. The smallest absolute Gasteiger partial charge is 0.367 e. The van der Waals surface area contributed by atoms with Crippen molar-refractivity contribution in [3.8, 4) is 0 Å². The first kappa shape index (κ1) is 23.9. The molecule has 2 fully saturated rings. The number of alkyl halides is 3. The topological polar surface area (TPSA) is 100 Å². The molecule has 200 valence electrons. The normalized spacial score (nSPS) is 21.0. The third kappa shape index (κ3) is 4.64. The fraction of sp³-hybridized carbons (Fsp3) is 0.370. The van der Waals surface area contributed by atoms with E-state index in [2.05, 4.69) is 36.8 Å². The van der Waals surface area contributed by atoms with Crippen LogP contribution in [0, 0.1) is 0 Å². The van der Waals surface area contributed by atoms with E-state index in [1.54, 1.807) is 17.3 Å². The van der Waals surface area contributed by atoms with Crippen molar-refractivity contribution in [2.75, 3.05) is 15.5 Å². The molecule has 1 amide bonds. The monoisotopic (exact) mass is 534 g/mol.